The van der Waals surface area contributed by atoms with Crippen molar-refractivity contribution in [1.82, 2.24) is 15.1 Å². The maximum Gasteiger partial charge on any atom is 0.254 e. The van der Waals surface area contributed by atoms with Crippen LogP contribution in [0.2, 0.25) is 0 Å². The maximum atomic E-state index is 12.2. The van der Waals surface area contributed by atoms with Crippen molar-refractivity contribution in [3.63, 3.8) is 0 Å². The molecule has 0 saturated carbocycles. The Labute approximate surface area is 137 Å². The van der Waals surface area contributed by atoms with E-state index in [0.29, 0.717) is 11.6 Å². The predicted molar refractivity (Wildman–Crippen MR) is 87.4 cm³/mol. The number of furan rings is 1. The molecule has 128 valence electrons. The van der Waals surface area contributed by atoms with Crippen LogP contribution in [0.25, 0.3) is 0 Å². The average molecular weight is 321 g/mol. The van der Waals surface area contributed by atoms with Gasteiger partial charge >= 0.3 is 0 Å². The molecule has 3 heterocycles. The highest BCUT2D eigenvalue weighted by molar-refractivity contribution is 5.93. The summed E-state index contributed by atoms with van der Waals surface area (Å²) < 4.78 is 10.9. The van der Waals surface area contributed by atoms with Crippen LogP contribution in [0, 0.1) is 0 Å². The van der Waals surface area contributed by atoms with E-state index in [1.54, 1.807) is 6.26 Å². The molecule has 2 saturated heterocycles. The summed E-state index contributed by atoms with van der Waals surface area (Å²) in [6.07, 6.45) is 5.08. The summed E-state index contributed by atoms with van der Waals surface area (Å²) in [5.74, 6) is 0.801. The van der Waals surface area contributed by atoms with Crippen molar-refractivity contribution in [2.24, 2.45) is 0 Å². The molecule has 1 aromatic heterocycles. The van der Waals surface area contributed by atoms with Crippen LogP contribution >= 0.6 is 0 Å². The van der Waals surface area contributed by atoms with Crippen LogP contribution in [0.5, 0.6) is 0 Å². The van der Waals surface area contributed by atoms with E-state index in [4.69, 9.17) is 9.15 Å². The van der Waals surface area contributed by atoms with Gasteiger partial charge in [0, 0.05) is 25.7 Å². The molecule has 1 atom stereocenters. The van der Waals surface area contributed by atoms with E-state index in [-0.39, 0.29) is 5.91 Å². The summed E-state index contributed by atoms with van der Waals surface area (Å²) in [5.41, 5.74) is 0.619. The number of rotatable bonds is 6. The molecule has 1 amide bonds. The molecule has 6 nitrogen and oxygen atoms in total. The Balaban J connectivity index is 1.42. The van der Waals surface area contributed by atoms with E-state index in [1.807, 2.05) is 6.07 Å². The summed E-state index contributed by atoms with van der Waals surface area (Å²) >= 11 is 0. The van der Waals surface area contributed by atoms with Gasteiger partial charge in [-0.2, -0.15) is 0 Å². The highest BCUT2D eigenvalue weighted by atomic mass is 16.5. The number of ether oxygens (including phenoxy) is 1. The van der Waals surface area contributed by atoms with Gasteiger partial charge in [0.25, 0.3) is 5.91 Å². The number of carbonyl (C=O) groups excluding carboxylic acids is 1. The first-order chi connectivity index (χ1) is 11.2. The zero-order chi connectivity index (χ0) is 16.1. The van der Waals surface area contributed by atoms with Crippen molar-refractivity contribution in [3.8, 4) is 0 Å². The lowest BCUT2D eigenvalue weighted by molar-refractivity contribution is 0.0313. The van der Waals surface area contributed by atoms with Gasteiger partial charge in [0.1, 0.15) is 12.0 Å². The van der Waals surface area contributed by atoms with E-state index in [9.17, 15) is 4.79 Å². The molecule has 1 N–H and O–H groups in total. The molecule has 2 fully saturated rings. The lowest BCUT2D eigenvalue weighted by Gasteiger charge is -2.25. The second-order valence-corrected chi connectivity index (χ2v) is 6.51. The fourth-order valence-corrected chi connectivity index (χ4v) is 3.36. The normalized spacial score (nSPS) is 23.3. The first-order valence-corrected chi connectivity index (χ1v) is 8.58. The molecule has 23 heavy (non-hydrogen) atoms. The molecule has 2 aliphatic rings. The molecule has 3 rings (SSSR count). The molecule has 6 heteroatoms. The molecule has 0 spiro atoms. The Bertz CT molecular complexity index is 511. The standard InChI is InChI=1S/C17H27N3O3/c1-19-6-2-3-15(19)4-5-18-17(21)14-11-16(23-13-14)12-20-7-9-22-10-8-20/h11,13,15H,2-10,12H2,1H3,(H,18,21). The van der Waals surface area contributed by atoms with E-state index in [0.717, 1.165) is 51.6 Å². The SMILES string of the molecule is CN1CCCC1CCNC(=O)c1coc(CN2CCOCC2)c1. The fraction of sp³-hybridized carbons (Fsp3) is 0.706. The topological polar surface area (TPSA) is 58.0 Å². The van der Waals surface area contributed by atoms with Gasteiger partial charge in [-0.1, -0.05) is 0 Å². The first-order valence-electron chi connectivity index (χ1n) is 8.58. The zero-order valence-electron chi connectivity index (χ0n) is 13.9. The number of hydrogen-bond donors (Lipinski definition) is 1. The van der Waals surface area contributed by atoms with Crippen molar-refractivity contribution < 1.29 is 13.9 Å². The van der Waals surface area contributed by atoms with Gasteiger partial charge in [-0.15, -0.1) is 0 Å². The van der Waals surface area contributed by atoms with Crippen molar-refractivity contribution >= 4 is 5.91 Å². The highest BCUT2D eigenvalue weighted by Gasteiger charge is 2.20. The molecule has 1 aromatic rings. The van der Waals surface area contributed by atoms with E-state index in [1.165, 1.54) is 19.4 Å². The van der Waals surface area contributed by atoms with E-state index in [2.05, 4.69) is 22.2 Å². The summed E-state index contributed by atoms with van der Waals surface area (Å²) in [6.45, 7) is 5.99. The third-order valence-corrected chi connectivity index (χ3v) is 4.83. The van der Waals surface area contributed by atoms with Gasteiger partial charge < -0.3 is 19.4 Å². The number of hydrogen-bond acceptors (Lipinski definition) is 5. The van der Waals surface area contributed by atoms with Crippen LogP contribution in [-0.4, -0.2) is 68.2 Å². The molecular formula is C17H27N3O3. The quantitative estimate of drug-likeness (QED) is 0.856. The molecule has 0 bridgehead atoms. The fourth-order valence-electron chi connectivity index (χ4n) is 3.36. The summed E-state index contributed by atoms with van der Waals surface area (Å²) in [6, 6.07) is 2.46. The van der Waals surface area contributed by atoms with Gasteiger partial charge in [-0.05, 0) is 38.9 Å². The van der Waals surface area contributed by atoms with Crippen LogP contribution in [-0.2, 0) is 11.3 Å². The van der Waals surface area contributed by atoms with Crippen molar-refractivity contribution in [2.75, 3.05) is 46.4 Å². The number of amides is 1. The van der Waals surface area contributed by atoms with E-state index < -0.39 is 0 Å². The zero-order valence-corrected chi connectivity index (χ0v) is 13.9. The lowest BCUT2D eigenvalue weighted by atomic mass is 10.1. The van der Waals surface area contributed by atoms with Crippen LogP contribution < -0.4 is 5.32 Å². The van der Waals surface area contributed by atoms with Gasteiger partial charge in [0.15, 0.2) is 0 Å². The largest absolute Gasteiger partial charge is 0.467 e. The minimum atomic E-state index is -0.0392. The minimum absolute atomic E-state index is 0.0392. The van der Waals surface area contributed by atoms with Crippen molar-refractivity contribution in [1.29, 1.82) is 0 Å². The number of nitrogens with one attached hydrogen (secondary N) is 1. The second-order valence-electron chi connectivity index (χ2n) is 6.51. The smallest absolute Gasteiger partial charge is 0.254 e. The van der Waals surface area contributed by atoms with Crippen LogP contribution in [0.15, 0.2) is 16.7 Å². The number of morpholine rings is 1. The Morgan fingerprint density at radius 2 is 2.17 bits per heavy atom. The van der Waals surface area contributed by atoms with Crippen molar-refractivity contribution in [3.05, 3.63) is 23.7 Å². The van der Waals surface area contributed by atoms with Gasteiger partial charge in [-0.25, -0.2) is 0 Å². The Kier molecular flexibility index (Phi) is 5.70. The highest BCUT2D eigenvalue weighted by Crippen LogP contribution is 2.17. The summed E-state index contributed by atoms with van der Waals surface area (Å²) in [5, 5.41) is 3.00. The third kappa shape index (κ3) is 4.56. The van der Waals surface area contributed by atoms with Crippen LogP contribution in [0.4, 0.5) is 0 Å². The first kappa shape index (κ1) is 16.5. The van der Waals surface area contributed by atoms with E-state index >= 15 is 0 Å². The maximum absolute atomic E-state index is 12.2. The average Bonchev–Trinajstić information content (AvgIpc) is 3.18. The number of likely N-dealkylation sites (tertiary alicyclic amines) is 1. The van der Waals surface area contributed by atoms with Crippen LogP contribution in [0.1, 0.15) is 35.4 Å². The number of carbonyl (C=O) groups is 1. The van der Waals surface area contributed by atoms with Gasteiger partial charge in [0.2, 0.25) is 0 Å². The molecule has 0 aromatic carbocycles. The second kappa shape index (κ2) is 7.95. The lowest BCUT2D eigenvalue weighted by Crippen LogP contribution is -2.35. The Morgan fingerprint density at radius 3 is 2.91 bits per heavy atom. The van der Waals surface area contributed by atoms with Gasteiger partial charge in [0.05, 0.1) is 25.3 Å². The molecule has 0 radical (unpaired) electrons. The van der Waals surface area contributed by atoms with Crippen molar-refractivity contribution in [2.45, 2.75) is 31.8 Å². The van der Waals surface area contributed by atoms with Gasteiger partial charge in [-0.3, -0.25) is 9.69 Å². The Hall–Kier alpha value is -1.37. The monoisotopic (exact) mass is 321 g/mol. The molecule has 0 aliphatic carbocycles. The molecule has 1 unspecified atom stereocenters. The predicted octanol–water partition coefficient (Wildman–Crippen LogP) is 1.33. The Morgan fingerprint density at radius 1 is 1.35 bits per heavy atom. The number of nitrogens with zero attached hydrogens (tertiary/aromatic N) is 2. The summed E-state index contributed by atoms with van der Waals surface area (Å²) in [4.78, 5) is 16.8. The molecular weight excluding hydrogens is 294 g/mol. The molecule has 2 aliphatic heterocycles. The third-order valence-electron chi connectivity index (χ3n) is 4.83. The van der Waals surface area contributed by atoms with Crippen LogP contribution in [0.3, 0.4) is 0 Å². The minimum Gasteiger partial charge on any atom is -0.467 e. The summed E-state index contributed by atoms with van der Waals surface area (Å²) in [7, 11) is 2.16.